The van der Waals surface area contributed by atoms with Gasteiger partial charge < -0.3 is 15.2 Å². The van der Waals surface area contributed by atoms with Crippen LogP contribution in [-0.4, -0.2) is 57.3 Å². The molecule has 3 rings (SSSR count). The second-order valence-electron chi connectivity index (χ2n) is 8.10. The first-order valence-electron chi connectivity index (χ1n) is 10.8. The summed E-state index contributed by atoms with van der Waals surface area (Å²) in [6, 6.07) is 0. The Labute approximate surface area is 164 Å². The highest BCUT2D eigenvalue weighted by atomic mass is 15.3. The van der Waals surface area contributed by atoms with E-state index in [4.69, 9.17) is 4.99 Å². The molecule has 2 fully saturated rings. The average Bonchev–Trinajstić information content (AvgIpc) is 3.03. The Morgan fingerprint density at radius 3 is 2.37 bits per heavy atom. The maximum atomic E-state index is 4.77. The molecule has 7 nitrogen and oxygen atoms in total. The second-order valence-corrected chi connectivity index (χ2v) is 8.10. The third-order valence-electron chi connectivity index (χ3n) is 6.30. The third kappa shape index (κ3) is 5.00. The summed E-state index contributed by atoms with van der Waals surface area (Å²) >= 11 is 0. The number of rotatable bonds is 6. The van der Waals surface area contributed by atoms with Crippen molar-refractivity contribution in [1.82, 2.24) is 30.3 Å². The van der Waals surface area contributed by atoms with Crippen molar-refractivity contribution in [1.29, 1.82) is 0 Å². The molecule has 0 spiro atoms. The molecule has 0 radical (unpaired) electrons. The Kier molecular flexibility index (Phi) is 7.10. The number of nitrogens with one attached hydrogen (secondary N) is 2. The van der Waals surface area contributed by atoms with Crippen molar-refractivity contribution in [2.75, 3.05) is 26.2 Å². The summed E-state index contributed by atoms with van der Waals surface area (Å²) in [7, 11) is 1.99. The smallest absolute Gasteiger partial charge is 0.191 e. The first-order chi connectivity index (χ1) is 13.1. The highest BCUT2D eigenvalue weighted by Gasteiger charge is 2.38. The van der Waals surface area contributed by atoms with E-state index in [2.05, 4.69) is 32.7 Å². The van der Waals surface area contributed by atoms with Gasteiger partial charge in [0.2, 0.25) is 0 Å². The minimum Gasteiger partial charge on any atom is -0.357 e. The van der Waals surface area contributed by atoms with Crippen LogP contribution in [0.25, 0.3) is 0 Å². The number of guanidine groups is 1. The largest absolute Gasteiger partial charge is 0.357 e. The lowest BCUT2D eigenvalue weighted by atomic mass is 9.79. The van der Waals surface area contributed by atoms with Gasteiger partial charge in [-0.2, -0.15) is 0 Å². The number of piperidine rings is 1. The van der Waals surface area contributed by atoms with E-state index in [0.717, 1.165) is 30.7 Å². The summed E-state index contributed by atoms with van der Waals surface area (Å²) in [5.74, 6) is 2.71. The van der Waals surface area contributed by atoms with E-state index in [9.17, 15) is 0 Å². The summed E-state index contributed by atoms with van der Waals surface area (Å²) in [6.45, 7) is 8.99. The molecule has 0 bridgehead atoms. The van der Waals surface area contributed by atoms with Crippen LogP contribution < -0.4 is 10.6 Å². The second kappa shape index (κ2) is 9.53. The van der Waals surface area contributed by atoms with Crippen molar-refractivity contribution >= 4 is 5.96 Å². The normalized spacial score (nSPS) is 21.2. The van der Waals surface area contributed by atoms with Gasteiger partial charge in [-0.3, -0.25) is 4.90 Å². The standard InChI is InChI=1S/C20H37N7/c1-4-21-19(22-15-18-25-24-17(2)26(18)3)23-16-20(11-7-5-8-12-20)27-13-9-6-10-14-27/h4-16H2,1-3H3,(H2,21,22,23). The van der Waals surface area contributed by atoms with Crippen LogP contribution in [0.4, 0.5) is 0 Å². The van der Waals surface area contributed by atoms with Gasteiger partial charge in [0.05, 0.1) is 0 Å². The summed E-state index contributed by atoms with van der Waals surface area (Å²) in [5, 5.41) is 15.4. The molecule has 1 aliphatic carbocycles. The summed E-state index contributed by atoms with van der Waals surface area (Å²) in [6.07, 6.45) is 10.8. The molecule has 2 N–H and O–H groups in total. The van der Waals surface area contributed by atoms with E-state index < -0.39 is 0 Å². The fraction of sp³-hybridized carbons (Fsp3) is 0.850. The molecule has 2 heterocycles. The zero-order valence-corrected chi connectivity index (χ0v) is 17.4. The number of nitrogens with zero attached hydrogens (tertiary/aromatic N) is 5. The van der Waals surface area contributed by atoms with Gasteiger partial charge in [-0.15, -0.1) is 10.2 Å². The highest BCUT2D eigenvalue weighted by Crippen LogP contribution is 2.35. The topological polar surface area (TPSA) is 70.4 Å². The molecular formula is C20H37N7. The van der Waals surface area contributed by atoms with Crippen molar-refractivity contribution in [3.8, 4) is 0 Å². The van der Waals surface area contributed by atoms with Crippen molar-refractivity contribution < 1.29 is 0 Å². The van der Waals surface area contributed by atoms with Gasteiger partial charge in [-0.25, -0.2) is 4.99 Å². The monoisotopic (exact) mass is 375 g/mol. The molecule has 0 atom stereocenters. The number of aryl methyl sites for hydroxylation is 1. The molecule has 27 heavy (non-hydrogen) atoms. The molecule has 1 aliphatic heterocycles. The van der Waals surface area contributed by atoms with E-state index in [1.54, 1.807) is 0 Å². The van der Waals surface area contributed by atoms with Crippen molar-refractivity contribution in [3.05, 3.63) is 11.6 Å². The number of likely N-dealkylation sites (tertiary alicyclic amines) is 1. The van der Waals surface area contributed by atoms with E-state index >= 15 is 0 Å². The van der Waals surface area contributed by atoms with Crippen molar-refractivity contribution in [3.63, 3.8) is 0 Å². The first-order valence-corrected chi connectivity index (χ1v) is 10.8. The lowest BCUT2D eigenvalue weighted by molar-refractivity contribution is 0.0368. The molecule has 1 saturated heterocycles. The van der Waals surface area contributed by atoms with Crippen LogP contribution in [0.5, 0.6) is 0 Å². The van der Waals surface area contributed by atoms with Gasteiger partial charge in [0.15, 0.2) is 11.8 Å². The van der Waals surface area contributed by atoms with E-state index in [1.165, 1.54) is 64.5 Å². The predicted molar refractivity (Wildman–Crippen MR) is 110 cm³/mol. The van der Waals surface area contributed by atoms with Gasteiger partial charge in [0.25, 0.3) is 0 Å². The lowest BCUT2D eigenvalue weighted by Gasteiger charge is -2.48. The molecule has 0 aromatic carbocycles. The van der Waals surface area contributed by atoms with Gasteiger partial charge in [0.1, 0.15) is 12.4 Å². The molecule has 2 aliphatic rings. The third-order valence-corrected chi connectivity index (χ3v) is 6.30. The van der Waals surface area contributed by atoms with Crippen molar-refractivity contribution in [2.24, 2.45) is 12.0 Å². The highest BCUT2D eigenvalue weighted by molar-refractivity contribution is 5.79. The average molecular weight is 376 g/mol. The number of hydrogen-bond acceptors (Lipinski definition) is 4. The van der Waals surface area contributed by atoms with Crippen LogP contribution in [0.1, 0.15) is 69.9 Å². The quantitative estimate of drug-likeness (QED) is 0.590. The Hall–Kier alpha value is -1.63. The van der Waals surface area contributed by atoms with Gasteiger partial charge in [-0.1, -0.05) is 25.7 Å². The van der Waals surface area contributed by atoms with Crippen LogP contribution in [0.15, 0.2) is 4.99 Å². The van der Waals surface area contributed by atoms with Gasteiger partial charge in [-0.05, 0) is 52.6 Å². The summed E-state index contributed by atoms with van der Waals surface area (Å²) in [4.78, 5) is 7.55. The Morgan fingerprint density at radius 2 is 1.74 bits per heavy atom. The summed E-state index contributed by atoms with van der Waals surface area (Å²) < 4.78 is 2.00. The van der Waals surface area contributed by atoms with Gasteiger partial charge in [0, 0.05) is 25.7 Å². The number of aromatic nitrogens is 3. The van der Waals surface area contributed by atoms with Crippen LogP contribution in [-0.2, 0) is 13.6 Å². The fourth-order valence-electron chi connectivity index (χ4n) is 4.51. The summed E-state index contributed by atoms with van der Waals surface area (Å²) in [5.41, 5.74) is 0.302. The van der Waals surface area contributed by atoms with E-state index in [-0.39, 0.29) is 0 Å². The maximum Gasteiger partial charge on any atom is 0.191 e. The number of aliphatic imine (C=N–C) groups is 1. The maximum absolute atomic E-state index is 4.77. The molecule has 7 heteroatoms. The minimum absolute atomic E-state index is 0.302. The predicted octanol–water partition coefficient (Wildman–Crippen LogP) is 2.37. The van der Waals surface area contributed by atoms with Crippen LogP contribution in [0, 0.1) is 6.92 Å². The van der Waals surface area contributed by atoms with Gasteiger partial charge >= 0.3 is 0 Å². The Balaban J connectivity index is 1.66. The lowest BCUT2D eigenvalue weighted by Crippen LogP contribution is -2.59. The van der Waals surface area contributed by atoms with E-state index in [0.29, 0.717) is 12.1 Å². The number of hydrogen-bond donors (Lipinski definition) is 2. The molecule has 1 aromatic rings. The molecule has 0 amide bonds. The Bertz CT molecular complexity index is 610. The minimum atomic E-state index is 0.302. The zero-order valence-electron chi connectivity index (χ0n) is 17.4. The molecule has 152 valence electrons. The fourth-order valence-corrected chi connectivity index (χ4v) is 4.51. The van der Waals surface area contributed by atoms with Crippen molar-refractivity contribution in [2.45, 2.75) is 77.3 Å². The molecular weight excluding hydrogens is 338 g/mol. The zero-order chi connectivity index (χ0) is 19.1. The Morgan fingerprint density at radius 1 is 1.04 bits per heavy atom. The molecule has 1 aromatic heterocycles. The van der Waals surface area contributed by atoms with Crippen LogP contribution in [0.2, 0.25) is 0 Å². The SMILES string of the molecule is CCNC(=NCc1nnc(C)n1C)NCC1(N2CCCCC2)CCCCC1. The van der Waals surface area contributed by atoms with Crippen LogP contribution >= 0.6 is 0 Å². The molecule has 0 unspecified atom stereocenters. The first kappa shape index (κ1) is 20.1. The van der Waals surface area contributed by atoms with E-state index in [1.807, 2.05) is 18.5 Å². The van der Waals surface area contributed by atoms with Crippen LogP contribution in [0.3, 0.4) is 0 Å². The molecule has 1 saturated carbocycles.